The van der Waals surface area contributed by atoms with Gasteiger partial charge in [0.2, 0.25) is 0 Å². The molecule has 98 valence electrons. The normalized spacial score (nSPS) is 17.3. The van der Waals surface area contributed by atoms with Gasteiger partial charge in [-0.3, -0.25) is 0 Å². The predicted octanol–water partition coefficient (Wildman–Crippen LogP) is 3.97. The van der Waals surface area contributed by atoms with E-state index in [-0.39, 0.29) is 6.04 Å². The second-order valence-electron chi connectivity index (χ2n) is 4.92. The quantitative estimate of drug-likeness (QED) is 0.929. The third-order valence-electron chi connectivity index (χ3n) is 3.56. The van der Waals surface area contributed by atoms with Crippen LogP contribution < -0.4 is 10.5 Å². The number of aryl methyl sites for hydroxylation is 1. The fourth-order valence-corrected chi connectivity index (χ4v) is 2.73. The van der Waals surface area contributed by atoms with Crippen LogP contribution in [-0.4, -0.2) is 0 Å². The molecule has 0 heterocycles. The second kappa shape index (κ2) is 5.35. The monoisotopic (exact) mass is 317 g/mol. The van der Waals surface area contributed by atoms with Crippen molar-refractivity contribution in [2.45, 2.75) is 25.5 Å². The fraction of sp³-hybridized carbons (Fsp3) is 0.250. The predicted molar refractivity (Wildman–Crippen MR) is 80.2 cm³/mol. The Hall–Kier alpha value is -1.32. The first kappa shape index (κ1) is 12.7. The van der Waals surface area contributed by atoms with Crippen LogP contribution in [0.1, 0.15) is 29.2 Å². The summed E-state index contributed by atoms with van der Waals surface area (Å²) in [6, 6.07) is 14.6. The molecule has 0 spiro atoms. The molecule has 0 unspecified atom stereocenters. The lowest BCUT2D eigenvalue weighted by atomic mass is 10.1. The third kappa shape index (κ3) is 2.82. The van der Waals surface area contributed by atoms with Gasteiger partial charge in [-0.05, 0) is 53.8 Å². The van der Waals surface area contributed by atoms with Crippen LogP contribution in [0.15, 0.2) is 46.9 Å². The first-order valence-electron chi connectivity index (χ1n) is 6.48. The number of ether oxygens (including phenoxy) is 1. The van der Waals surface area contributed by atoms with E-state index in [1.165, 1.54) is 16.7 Å². The average molecular weight is 318 g/mol. The van der Waals surface area contributed by atoms with Gasteiger partial charge in [-0.15, -0.1) is 0 Å². The van der Waals surface area contributed by atoms with E-state index in [1.807, 2.05) is 18.2 Å². The van der Waals surface area contributed by atoms with Crippen molar-refractivity contribution in [2.24, 2.45) is 5.73 Å². The Bertz CT molecular complexity index is 580. The zero-order valence-corrected chi connectivity index (χ0v) is 12.2. The Balaban J connectivity index is 1.69. The molecule has 0 aliphatic heterocycles. The van der Waals surface area contributed by atoms with E-state index in [9.17, 15) is 0 Å². The Labute approximate surface area is 121 Å². The minimum Gasteiger partial charge on any atom is -0.489 e. The summed E-state index contributed by atoms with van der Waals surface area (Å²) in [7, 11) is 0. The van der Waals surface area contributed by atoms with Gasteiger partial charge in [0, 0.05) is 10.5 Å². The molecule has 0 aromatic heterocycles. The summed E-state index contributed by atoms with van der Waals surface area (Å²) in [6.07, 6.45) is 2.11. The van der Waals surface area contributed by atoms with Crippen molar-refractivity contribution in [3.05, 3.63) is 63.6 Å². The number of rotatable bonds is 3. The maximum Gasteiger partial charge on any atom is 0.120 e. The molecule has 19 heavy (non-hydrogen) atoms. The highest BCUT2D eigenvalue weighted by Gasteiger charge is 2.18. The number of halogens is 1. The molecule has 2 nitrogen and oxygen atoms in total. The van der Waals surface area contributed by atoms with Crippen molar-refractivity contribution in [2.75, 3.05) is 0 Å². The Kier molecular flexibility index (Phi) is 3.58. The molecule has 3 heteroatoms. The average Bonchev–Trinajstić information content (AvgIpc) is 2.79. The van der Waals surface area contributed by atoms with Gasteiger partial charge in [0.15, 0.2) is 0 Å². The van der Waals surface area contributed by atoms with Crippen molar-refractivity contribution >= 4 is 15.9 Å². The molecular formula is C16H16BrNO. The zero-order valence-electron chi connectivity index (χ0n) is 10.6. The van der Waals surface area contributed by atoms with Crippen LogP contribution in [0, 0.1) is 0 Å². The van der Waals surface area contributed by atoms with Gasteiger partial charge in [0.1, 0.15) is 12.4 Å². The van der Waals surface area contributed by atoms with E-state index in [0.29, 0.717) is 6.61 Å². The van der Waals surface area contributed by atoms with Gasteiger partial charge < -0.3 is 10.5 Å². The smallest absolute Gasteiger partial charge is 0.120 e. The van der Waals surface area contributed by atoms with Crippen LogP contribution in [0.2, 0.25) is 0 Å². The molecule has 0 amide bonds. The maximum atomic E-state index is 6.03. The molecule has 0 saturated heterocycles. The van der Waals surface area contributed by atoms with E-state index in [4.69, 9.17) is 10.5 Å². The standard InChI is InChI=1S/C16H16BrNO/c17-13-4-1-11(2-5-13)10-19-14-6-7-15-12(9-14)3-8-16(15)18/h1-2,4-7,9,16H,3,8,10,18H2/t16-/m1/s1. The number of hydrogen-bond donors (Lipinski definition) is 1. The lowest BCUT2D eigenvalue weighted by Crippen LogP contribution is -2.05. The molecule has 0 bridgehead atoms. The molecule has 1 aliphatic carbocycles. The zero-order chi connectivity index (χ0) is 13.2. The molecule has 2 aromatic rings. The van der Waals surface area contributed by atoms with Crippen LogP contribution in [0.4, 0.5) is 0 Å². The van der Waals surface area contributed by atoms with E-state index in [0.717, 1.165) is 23.1 Å². The Morgan fingerprint density at radius 3 is 2.74 bits per heavy atom. The lowest BCUT2D eigenvalue weighted by Gasteiger charge is -2.09. The largest absolute Gasteiger partial charge is 0.489 e. The number of nitrogens with two attached hydrogens (primary N) is 1. The van der Waals surface area contributed by atoms with Gasteiger partial charge in [-0.1, -0.05) is 34.1 Å². The van der Waals surface area contributed by atoms with Gasteiger partial charge >= 0.3 is 0 Å². The highest BCUT2D eigenvalue weighted by Crippen LogP contribution is 2.32. The van der Waals surface area contributed by atoms with E-state index >= 15 is 0 Å². The maximum absolute atomic E-state index is 6.03. The molecule has 1 aliphatic rings. The molecule has 0 radical (unpaired) electrons. The minimum atomic E-state index is 0.204. The van der Waals surface area contributed by atoms with Crippen molar-refractivity contribution in [1.82, 2.24) is 0 Å². The van der Waals surface area contributed by atoms with Gasteiger partial charge in [0.25, 0.3) is 0 Å². The topological polar surface area (TPSA) is 35.2 Å². The summed E-state index contributed by atoms with van der Waals surface area (Å²) in [5.74, 6) is 0.927. The molecule has 0 fully saturated rings. The van der Waals surface area contributed by atoms with Gasteiger partial charge in [0.05, 0.1) is 0 Å². The molecule has 2 aromatic carbocycles. The molecular weight excluding hydrogens is 302 g/mol. The summed E-state index contributed by atoms with van der Waals surface area (Å²) in [6.45, 7) is 0.595. The second-order valence-corrected chi connectivity index (χ2v) is 5.84. The summed E-state index contributed by atoms with van der Waals surface area (Å²) in [4.78, 5) is 0. The molecule has 0 saturated carbocycles. The first-order chi connectivity index (χ1) is 9.22. The Morgan fingerprint density at radius 1 is 1.16 bits per heavy atom. The van der Waals surface area contributed by atoms with Crippen molar-refractivity contribution < 1.29 is 4.74 Å². The van der Waals surface area contributed by atoms with E-state index < -0.39 is 0 Å². The highest BCUT2D eigenvalue weighted by atomic mass is 79.9. The fourth-order valence-electron chi connectivity index (χ4n) is 2.46. The van der Waals surface area contributed by atoms with Crippen LogP contribution >= 0.6 is 15.9 Å². The summed E-state index contributed by atoms with van der Waals surface area (Å²) in [5, 5.41) is 0. The lowest BCUT2D eigenvalue weighted by molar-refractivity contribution is 0.306. The number of fused-ring (bicyclic) bond motifs is 1. The van der Waals surface area contributed by atoms with Crippen LogP contribution in [0.25, 0.3) is 0 Å². The van der Waals surface area contributed by atoms with E-state index in [1.54, 1.807) is 0 Å². The number of benzene rings is 2. The number of hydrogen-bond acceptors (Lipinski definition) is 2. The third-order valence-corrected chi connectivity index (χ3v) is 4.09. The highest BCUT2D eigenvalue weighted by molar-refractivity contribution is 9.10. The van der Waals surface area contributed by atoms with Gasteiger partial charge in [-0.2, -0.15) is 0 Å². The minimum absolute atomic E-state index is 0.204. The van der Waals surface area contributed by atoms with Crippen molar-refractivity contribution in [1.29, 1.82) is 0 Å². The van der Waals surface area contributed by atoms with Crippen molar-refractivity contribution in [3.63, 3.8) is 0 Å². The molecule has 3 rings (SSSR count). The summed E-state index contributed by atoms with van der Waals surface area (Å²) >= 11 is 3.43. The molecule has 2 N–H and O–H groups in total. The summed E-state index contributed by atoms with van der Waals surface area (Å²) < 4.78 is 6.92. The summed E-state index contributed by atoms with van der Waals surface area (Å²) in [5.41, 5.74) is 9.81. The van der Waals surface area contributed by atoms with E-state index in [2.05, 4.69) is 40.2 Å². The van der Waals surface area contributed by atoms with Gasteiger partial charge in [-0.25, -0.2) is 0 Å². The first-order valence-corrected chi connectivity index (χ1v) is 7.27. The molecule has 1 atom stereocenters. The van der Waals surface area contributed by atoms with Crippen LogP contribution in [0.5, 0.6) is 5.75 Å². The SMILES string of the molecule is N[C@@H]1CCc2cc(OCc3ccc(Br)cc3)ccc21. The van der Waals surface area contributed by atoms with Crippen LogP contribution in [-0.2, 0) is 13.0 Å². The Morgan fingerprint density at radius 2 is 1.95 bits per heavy atom. The van der Waals surface area contributed by atoms with Crippen LogP contribution in [0.3, 0.4) is 0 Å². The van der Waals surface area contributed by atoms with Crippen molar-refractivity contribution in [3.8, 4) is 5.75 Å².